The van der Waals surface area contributed by atoms with Gasteiger partial charge >= 0.3 is 0 Å². The number of pyridine rings is 1. The smallest absolute Gasteiger partial charge is 0.213 e. The zero-order valence-corrected chi connectivity index (χ0v) is 11.3. The van der Waals surface area contributed by atoms with Gasteiger partial charge in [0, 0.05) is 11.5 Å². The lowest BCUT2D eigenvalue weighted by Crippen LogP contribution is -2.44. The summed E-state index contributed by atoms with van der Waals surface area (Å²) in [6.07, 6.45) is 1.70. The molecule has 2 aromatic carbocycles. The summed E-state index contributed by atoms with van der Waals surface area (Å²) >= 11 is 0. The summed E-state index contributed by atoms with van der Waals surface area (Å²) in [5, 5.41) is 13.2. The molecule has 0 bridgehead atoms. The van der Waals surface area contributed by atoms with Gasteiger partial charge in [0.25, 0.3) is 0 Å². The van der Waals surface area contributed by atoms with Crippen molar-refractivity contribution in [3.8, 4) is 5.75 Å². The zero-order chi connectivity index (χ0) is 15.0. The minimum Gasteiger partial charge on any atom is -0.544 e. The molecule has 0 aliphatic heterocycles. The molecule has 0 radical (unpaired) electrons. The number of carbonyl (C=O) groups is 1. The highest BCUT2D eigenvalue weighted by Crippen LogP contribution is 2.26. The maximum Gasteiger partial charge on any atom is 0.213 e. The van der Waals surface area contributed by atoms with Crippen molar-refractivity contribution in [1.82, 2.24) is 0 Å². The summed E-state index contributed by atoms with van der Waals surface area (Å²) < 4.78 is 20.2. The number of methoxy groups -OCH3 is 1. The third-order valence-electron chi connectivity index (χ3n) is 3.41. The number of rotatable bonds is 3. The standard InChI is InChI=1S/C16H12FNO3/c1-21-12-3-4-13-10(6-12)8-18(9-16(19)20)15-5-2-11(17)7-14(13)15/h2-8H,9H2,1H3. The number of carbonyl (C=O) groups excluding carboxylic acids is 1. The molecule has 0 N–H and O–H groups in total. The number of hydrogen-bond donors (Lipinski definition) is 0. The molecule has 21 heavy (non-hydrogen) atoms. The minimum absolute atomic E-state index is 0.296. The maximum atomic E-state index is 13.5. The Labute approximate surface area is 120 Å². The molecule has 1 aromatic heterocycles. The molecule has 0 spiro atoms. The highest BCUT2D eigenvalue weighted by Gasteiger charge is 2.15. The van der Waals surface area contributed by atoms with Gasteiger partial charge in [0.1, 0.15) is 17.5 Å². The first kappa shape index (κ1) is 13.3. The van der Waals surface area contributed by atoms with Crippen molar-refractivity contribution >= 4 is 27.6 Å². The number of carboxylic acid groups (broad SMARTS) is 1. The number of ether oxygens (including phenoxy) is 1. The lowest BCUT2D eigenvalue weighted by Gasteiger charge is -2.07. The van der Waals surface area contributed by atoms with E-state index in [1.165, 1.54) is 16.7 Å². The fourth-order valence-electron chi connectivity index (χ4n) is 2.50. The Morgan fingerprint density at radius 2 is 2.05 bits per heavy atom. The summed E-state index contributed by atoms with van der Waals surface area (Å²) in [5.74, 6) is -0.919. The summed E-state index contributed by atoms with van der Waals surface area (Å²) in [4.78, 5) is 10.9. The van der Waals surface area contributed by atoms with Crippen LogP contribution in [-0.4, -0.2) is 13.1 Å². The van der Waals surface area contributed by atoms with Crippen LogP contribution in [0.15, 0.2) is 42.6 Å². The van der Waals surface area contributed by atoms with Crippen molar-refractivity contribution in [3.05, 3.63) is 48.4 Å². The zero-order valence-electron chi connectivity index (χ0n) is 11.3. The van der Waals surface area contributed by atoms with Gasteiger partial charge in [-0.05, 0) is 30.3 Å². The van der Waals surface area contributed by atoms with E-state index in [9.17, 15) is 14.3 Å². The Bertz CT molecular complexity index is 861. The monoisotopic (exact) mass is 285 g/mol. The molecule has 0 saturated carbocycles. The summed E-state index contributed by atoms with van der Waals surface area (Å²) in [6, 6.07) is 9.68. The number of benzene rings is 2. The number of hydrogen-bond acceptors (Lipinski definition) is 3. The molecule has 0 unspecified atom stereocenters. The molecule has 3 rings (SSSR count). The molecule has 0 saturated heterocycles. The van der Waals surface area contributed by atoms with Crippen LogP contribution in [0.3, 0.4) is 0 Å². The van der Waals surface area contributed by atoms with Crippen LogP contribution < -0.4 is 14.4 Å². The second kappa shape index (κ2) is 5.01. The van der Waals surface area contributed by atoms with Gasteiger partial charge in [-0.3, -0.25) is 0 Å². The van der Waals surface area contributed by atoms with Gasteiger partial charge < -0.3 is 14.6 Å². The summed E-state index contributed by atoms with van der Waals surface area (Å²) in [5.41, 5.74) is 0.637. The van der Waals surface area contributed by atoms with Crippen LogP contribution in [0.4, 0.5) is 4.39 Å². The Hall–Kier alpha value is -2.69. The van der Waals surface area contributed by atoms with E-state index < -0.39 is 5.97 Å². The van der Waals surface area contributed by atoms with Crippen LogP contribution >= 0.6 is 0 Å². The Balaban J connectivity index is 2.40. The Kier molecular flexibility index (Phi) is 3.17. The van der Waals surface area contributed by atoms with Crippen molar-refractivity contribution in [2.75, 3.05) is 7.11 Å². The largest absolute Gasteiger partial charge is 0.544 e. The highest BCUT2D eigenvalue weighted by molar-refractivity contribution is 6.04. The Morgan fingerprint density at radius 3 is 2.76 bits per heavy atom. The van der Waals surface area contributed by atoms with E-state index in [1.54, 1.807) is 31.5 Å². The van der Waals surface area contributed by atoms with Crippen molar-refractivity contribution in [3.63, 3.8) is 0 Å². The van der Waals surface area contributed by atoms with Crippen LogP contribution in [0.1, 0.15) is 0 Å². The normalized spacial score (nSPS) is 11.0. The van der Waals surface area contributed by atoms with Gasteiger partial charge in [0.15, 0.2) is 12.7 Å². The Morgan fingerprint density at radius 1 is 1.24 bits per heavy atom. The first-order valence-corrected chi connectivity index (χ1v) is 6.38. The van der Waals surface area contributed by atoms with Gasteiger partial charge in [-0.1, -0.05) is 0 Å². The van der Waals surface area contributed by atoms with Crippen molar-refractivity contribution in [2.24, 2.45) is 0 Å². The van der Waals surface area contributed by atoms with Crippen LogP contribution in [0.5, 0.6) is 5.75 Å². The predicted octanol–water partition coefficient (Wildman–Crippen LogP) is 1.18. The fourth-order valence-corrected chi connectivity index (χ4v) is 2.50. The molecule has 4 nitrogen and oxygen atoms in total. The number of aliphatic carboxylic acids is 1. The number of carboxylic acids is 1. The molecular formula is C16H12FNO3. The fraction of sp³-hybridized carbons (Fsp3) is 0.125. The summed E-state index contributed by atoms with van der Waals surface area (Å²) in [7, 11) is 1.55. The minimum atomic E-state index is -1.20. The molecule has 0 atom stereocenters. The van der Waals surface area contributed by atoms with E-state index in [0.29, 0.717) is 16.7 Å². The van der Waals surface area contributed by atoms with Gasteiger partial charge in [-0.2, -0.15) is 4.57 Å². The van der Waals surface area contributed by atoms with Crippen molar-refractivity contribution in [2.45, 2.75) is 6.54 Å². The quantitative estimate of drug-likeness (QED) is 0.536. The number of nitrogens with zero attached hydrogens (tertiary/aromatic N) is 1. The average Bonchev–Trinajstić information content (AvgIpc) is 2.45. The van der Waals surface area contributed by atoms with Gasteiger partial charge in [0.2, 0.25) is 5.52 Å². The molecule has 0 aliphatic carbocycles. The SMILES string of the molecule is COc1ccc2c(c1)c[n+](CC(=O)[O-])c1ccc(F)cc21. The molecule has 0 aliphatic rings. The average molecular weight is 285 g/mol. The summed E-state index contributed by atoms with van der Waals surface area (Å²) in [6.45, 7) is -0.296. The van der Waals surface area contributed by atoms with Crippen LogP contribution in [-0.2, 0) is 11.3 Å². The second-order valence-corrected chi connectivity index (χ2v) is 4.74. The molecule has 1 heterocycles. The molecule has 3 aromatic rings. The van der Waals surface area contributed by atoms with Gasteiger partial charge in [0.05, 0.1) is 17.9 Å². The molecule has 0 fully saturated rings. The second-order valence-electron chi connectivity index (χ2n) is 4.74. The van der Waals surface area contributed by atoms with Crippen LogP contribution in [0.25, 0.3) is 21.7 Å². The molecule has 5 heteroatoms. The van der Waals surface area contributed by atoms with E-state index in [-0.39, 0.29) is 12.4 Å². The van der Waals surface area contributed by atoms with E-state index in [1.807, 2.05) is 6.07 Å². The number of aromatic nitrogens is 1. The molecule has 106 valence electrons. The highest BCUT2D eigenvalue weighted by atomic mass is 19.1. The van der Waals surface area contributed by atoms with E-state index in [0.717, 1.165) is 10.8 Å². The van der Waals surface area contributed by atoms with E-state index in [2.05, 4.69) is 0 Å². The molecular weight excluding hydrogens is 273 g/mol. The third kappa shape index (κ3) is 2.38. The van der Waals surface area contributed by atoms with Crippen LogP contribution in [0, 0.1) is 5.82 Å². The predicted molar refractivity (Wildman–Crippen MR) is 73.2 cm³/mol. The van der Waals surface area contributed by atoms with Crippen molar-refractivity contribution < 1.29 is 23.6 Å². The van der Waals surface area contributed by atoms with Gasteiger partial charge in [-0.25, -0.2) is 4.39 Å². The number of fused-ring (bicyclic) bond motifs is 3. The van der Waals surface area contributed by atoms with Crippen molar-refractivity contribution in [1.29, 1.82) is 0 Å². The van der Waals surface area contributed by atoms with E-state index in [4.69, 9.17) is 4.74 Å². The van der Waals surface area contributed by atoms with E-state index >= 15 is 0 Å². The third-order valence-corrected chi connectivity index (χ3v) is 3.41. The van der Waals surface area contributed by atoms with Gasteiger partial charge in [-0.15, -0.1) is 0 Å². The first-order chi connectivity index (χ1) is 10.1. The lowest BCUT2D eigenvalue weighted by atomic mass is 10.1. The lowest BCUT2D eigenvalue weighted by molar-refractivity contribution is -0.664. The topological polar surface area (TPSA) is 53.2 Å². The maximum absolute atomic E-state index is 13.5. The number of halogens is 1. The first-order valence-electron chi connectivity index (χ1n) is 6.38. The molecule has 0 amide bonds. The van der Waals surface area contributed by atoms with Crippen LogP contribution in [0.2, 0.25) is 0 Å².